The van der Waals surface area contributed by atoms with Crippen molar-refractivity contribution in [2.75, 3.05) is 0 Å². The Kier molecular flexibility index (Phi) is 6.02. The van der Waals surface area contributed by atoms with Gasteiger partial charge in [0.2, 0.25) is 17.7 Å². The van der Waals surface area contributed by atoms with Crippen LogP contribution in [0.1, 0.15) is 29.7 Å². The van der Waals surface area contributed by atoms with E-state index in [0.717, 1.165) is 5.56 Å². The van der Waals surface area contributed by atoms with E-state index in [1.165, 1.54) is 4.68 Å². The monoisotopic (exact) mass is 432 g/mol. The number of carbonyl (C=O) groups excluding carboxylic acids is 2. The van der Waals surface area contributed by atoms with Crippen molar-refractivity contribution in [2.24, 2.45) is 0 Å². The highest BCUT2D eigenvalue weighted by Crippen LogP contribution is 2.17. The lowest BCUT2D eigenvalue weighted by Crippen LogP contribution is -2.42. The largest absolute Gasteiger partial charge is 0.421 e. The van der Waals surface area contributed by atoms with Gasteiger partial charge >= 0.3 is 0 Å². The molecule has 32 heavy (non-hydrogen) atoms. The first-order chi connectivity index (χ1) is 15.6. The minimum Gasteiger partial charge on any atom is -0.421 e. The molecule has 2 heterocycles. The van der Waals surface area contributed by atoms with E-state index in [1.807, 2.05) is 30.3 Å². The predicted molar refractivity (Wildman–Crippen MR) is 115 cm³/mol. The van der Waals surface area contributed by atoms with E-state index in [-0.39, 0.29) is 24.1 Å². The Morgan fingerprint density at radius 3 is 2.44 bits per heavy atom. The van der Waals surface area contributed by atoms with Crippen LogP contribution in [-0.2, 0) is 17.8 Å². The number of benzene rings is 2. The molecule has 10 heteroatoms. The van der Waals surface area contributed by atoms with Crippen molar-refractivity contribution >= 4 is 22.6 Å². The summed E-state index contributed by atoms with van der Waals surface area (Å²) in [5.74, 6) is -0.377. The maximum atomic E-state index is 12.6. The van der Waals surface area contributed by atoms with Crippen LogP contribution in [0.15, 0.2) is 63.8 Å². The number of aryl methyl sites for hydroxylation is 2. The zero-order chi connectivity index (χ0) is 22.5. The Labute approximate surface area is 182 Å². The molecule has 0 saturated heterocycles. The van der Waals surface area contributed by atoms with Gasteiger partial charge in [0.05, 0.1) is 5.39 Å². The first kappa shape index (κ1) is 20.9. The molecule has 0 atom stereocenters. The molecule has 162 valence electrons. The smallest absolute Gasteiger partial charge is 0.290 e. The van der Waals surface area contributed by atoms with Crippen molar-refractivity contribution in [1.82, 2.24) is 30.8 Å². The van der Waals surface area contributed by atoms with E-state index in [1.54, 1.807) is 31.2 Å². The molecule has 4 rings (SSSR count). The molecule has 2 N–H and O–H groups in total. The van der Waals surface area contributed by atoms with Gasteiger partial charge in [0.15, 0.2) is 5.69 Å². The quantitative estimate of drug-likeness (QED) is 0.445. The van der Waals surface area contributed by atoms with Crippen LogP contribution in [0.25, 0.3) is 22.2 Å². The van der Waals surface area contributed by atoms with E-state index in [9.17, 15) is 14.4 Å². The maximum Gasteiger partial charge on any atom is 0.290 e. The molecule has 0 spiro atoms. The Morgan fingerprint density at radius 2 is 1.69 bits per heavy atom. The second-order valence-corrected chi connectivity index (χ2v) is 6.88. The van der Waals surface area contributed by atoms with Gasteiger partial charge in [-0.1, -0.05) is 36.4 Å². The second kappa shape index (κ2) is 9.21. The van der Waals surface area contributed by atoms with Crippen molar-refractivity contribution in [3.63, 3.8) is 0 Å². The number of rotatable bonds is 6. The Balaban J connectivity index is 1.38. The molecule has 0 aliphatic rings. The van der Waals surface area contributed by atoms with Crippen molar-refractivity contribution in [2.45, 2.75) is 26.3 Å². The van der Waals surface area contributed by atoms with Gasteiger partial charge in [-0.05, 0) is 25.1 Å². The Hall–Kier alpha value is -4.34. The second-order valence-electron chi connectivity index (χ2n) is 6.88. The number of hydrogen-bond donors (Lipinski definition) is 2. The SMILES string of the molecule is CCn1nc(C(=O)NNC(=O)CCc2nnc(-c3ccccc3)o2)c2ccccc2c1=O. The summed E-state index contributed by atoms with van der Waals surface area (Å²) in [6.07, 6.45) is 0.239. The molecular weight excluding hydrogens is 412 g/mol. The normalized spacial score (nSPS) is 10.8. The van der Waals surface area contributed by atoms with Gasteiger partial charge in [-0.3, -0.25) is 25.2 Å². The van der Waals surface area contributed by atoms with Crippen molar-refractivity contribution in [1.29, 1.82) is 0 Å². The standard InChI is InChI=1S/C22H20N6O4/c1-2-28-22(31)16-11-7-6-10-15(16)19(27-28)20(30)25-23-17(29)12-13-18-24-26-21(32-18)14-8-4-3-5-9-14/h3-11H,2,12-13H2,1H3,(H,23,29)(H,25,30). The van der Waals surface area contributed by atoms with E-state index in [2.05, 4.69) is 26.1 Å². The minimum absolute atomic E-state index is 0.0271. The number of fused-ring (bicyclic) bond motifs is 1. The number of carbonyl (C=O) groups is 2. The molecule has 10 nitrogen and oxygen atoms in total. The lowest BCUT2D eigenvalue weighted by Gasteiger charge is -2.10. The van der Waals surface area contributed by atoms with Crippen molar-refractivity contribution in [3.8, 4) is 11.5 Å². The van der Waals surface area contributed by atoms with E-state index in [0.29, 0.717) is 29.1 Å². The molecule has 0 bridgehead atoms. The summed E-state index contributed by atoms with van der Waals surface area (Å²) in [4.78, 5) is 37.2. The summed E-state index contributed by atoms with van der Waals surface area (Å²) in [7, 11) is 0. The molecule has 2 amide bonds. The van der Waals surface area contributed by atoms with Crippen LogP contribution in [0.2, 0.25) is 0 Å². The fourth-order valence-electron chi connectivity index (χ4n) is 3.14. The van der Waals surface area contributed by atoms with Crippen molar-refractivity contribution in [3.05, 3.63) is 76.5 Å². The minimum atomic E-state index is -0.624. The summed E-state index contributed by atoms with van der Waals surface area (Å²) in [6.45, 7) is 2.07. The third-order valence-corrected chi connectivity index (χ3v) is 4.75. The topological polar surface area (TPSA) is 132 Å². The van der Waals surface area contributed by atoms with Crippen LogP contribution < -0.4 is 16.4 Å². The highest BCUT2D eigenvalue weighted by atomic mass is 16.4. The van der Waals surface area contributed by atoms with E-state index in [4.69, 9.17) is 4.42 Å². The molecule has 2 aromatic carbocycles. The van der Waals surface area contributed by atoms with E-state index < -0.39 is 11.8 Å². The van der Waals surface area contributed by atoms with Crippen LogP contribution in [0.5, 0.6) is 0 Å². The zero-order valence-electron chi connectivity index (χ0n) is 17.2. The fourth-order valence-corrected chi connectivity index (χ4v) is 3.14. The molecule has 0 saturated carbocycles. The summed E-state index contributed by atoms with van der Waals surface area (Å²) >= 11 is 0. The summed E-state index contributed by atoms with van der Waals surface area (Å²) < 4.78 is 6.78. The van der Waals surface area contributed by atoms with Crippen LogP contribution in [0.3, 0.4) is 0 Å². The van der Waals surface area contributed by atoms with Gasteiger partial charge in [0, 0.05) is 30.3 Å². The first-order valence-electron chi connectivity index (χ1n) is 10.0. The maximum absolute atomic E-state index is 12.6. The van der Waals surface area contributed by atoms with Gasteiger partial charge in [0.25, 0.3) is 11.5 Å². The number of nitrogens with one attached hydrogen (secondary N) is 2. The van der Waals surface area contributed by atoms with Gasteiger partial charge in [0.1, 0.15) is 0 Å². The molecule has 0 aliphatic carbocycles. The molecule has 0 fully saturated rings. The number of hydrogen-bond acceptors (Lipinski definition) is 7. The highest BCUT2D eigenvalue weighted by Gasteiger charge is 2.17. The van der Waals surface area contributed by atoms with Gasteiger partial charge in [-0.25, -0.2) is 4.68 Å². The summed E-state index contributed by atoms with van der Waals surface area (Å²) in [5.41, 5.74) is 5.25. The lowest BCUT2D eigenvalue weighted by atomic mass is 10.1. The number of hydrazine groups is 1. The Morgan fingerprint density at radius 1 is 0.969 bits per heavy atom. The first-order valence-corrected chi connectivity index (χ1v) is 10.0. The summed E-state index contributed by atoms with van der Waals surface area (Å²) in [6, 6.07) is 16.0. The molecule has 0 aliphatic heterocycles. The van der Waals surface area contributed by atoms with Crippen LogP contribution >= 0.6 is 0 Å². The zero-order valence-corrected chi connectivity index (χ0v) is 17.2. The average molecular weight is 432 g/mol. The molecule has 4 aromatic rings. The highest BCUT2D eigenvalue weighted by molar-refractivity contribution is 6.05. The number of nitrogens with zero attached hydrogens (tertiary/aromatic N) is 4. The predicted octanol–water partition coefficient (Wildman–Crippen LogP) is 1.86. The molecular formula is C22H20N6O4. The van der Waals surface area contributed by atoms with E-state index >= 15 is 0 Å². The molecule has 0 unspecified atom stereocenters. The third-order valence-electron chi connectivity index (χ3n) is 4.75. The van der Waals surface area contributed by atoms with Crippen LogP contribution in [0, 0.1) is 0 Å². The van der Waals surface area contributed by atoms with Crippen LogP contribution in [-0.4, -0.2) is 31.8 Å². The van der Waals surface area contributed by atoms with Gasteiger partial charge < -0.3 is 4.42 Å². The Bertz CT molecular complexity index is 1330. The van der Waals surface area contributed by atoms with Crippen LogP contribution in [0.4, 0.5) is 0 Å². The molecule has 0 radical (unpaired) electrons. The molecule has 2 aromatic heterocycles. The fraction of sp³-hybridized carbons (Fsp3) is 0.182. The van der Waals surface area contributed by atoms with Gasteiger partial charge in [-0.2, -0.15) is 5.10 Å². The van der Waals surface area contributed by atoms with Crippen molar-refractivity contribution < 1.29 is 14.0 Å². The number of amides is 2. The van der Waals surface area contributed by atoms with Gasteiger partial charge in [-0.15, -0.1) is 10.2 Å². The third kappa shape index (κ3) is 4.38. The average Bonchev–Trinajstić information content (AvgIpc) is 3.31. The number of aromatic nitrogens is 4. The lowest BCUT2D eigenvalue weighted by molar-refractivity contribution is -0.121. The summed E-state index contributed by atoms with van der Waals surface area (Å²) in [5, 5.41) is 12.8.